The molecule has 1 aliphatic rings. The molecular formula is C21H22BrN3O3. The number of anilines is 1. The van der Waals surface area contributed by atoms with Gasteiger partial charge in [0.1, 0.15) is 11.8 Å². The molecule has 0 saturated heterocycles. The third-order valence-electron chi connectivity index (χ3n) is 4.66. The first-order valence-electron chi connectivity index (χ1n) is 8.67. The maximum absolute atomic E-state index is 9.69. The Bertz CT molecular complexity index is 980. The Morgan fingerprint density at radius 2 is 1.96 bits per heavy atom. The molecule has 0 amide bonds. The van der Waals surface area contributed by atoms with Crippen molar-refractivity contribution in [2.24, 2.45) is 5.73 Å². The molecule has 1 heterocycles. The van der Waals surface area contributed by atoms with Crippen molar-refractivity contribution in [2.75, 3.05) is 33.2 Å². The van der Waals surface area contributed by atoms with Crippen molar-refractivity contribution in [2.45, 2.75) is 12.6 Å². The summed E-state index contributed by atoms with van der Waals surface area (Å²) < 4.78 is 17.4. The Morgan fingerprint density at radius 3 is 2.57 bits per heavy atom. The molecule has 0 fully saturated rings. The van der Waals surface area contributed by atoms with E-state index in [-0.39, 0.29) is 0 Å². The third kappa shape index (κ3) is 3.66. The highest BCUT2D eigenvalue weighted by atomic mass is 79.9. The average Bonchev–Trinajstić information content (AvgIpc) is 2.67. The number of fused-ring (bicyclic) bond motifs is 1. The number of nitrogens with zero attached hydrogens (tertiary/aromatic N) is 2. The smallest absolute Gasteiger partial charge is 0.184 e. The van der Waals surface area contributed by atoms with Gasteiger partial charge in [-0.1, -0.05) is 0 Å². The van der Waals surface area contributed by atoms with E-state index in [0.29, 0.717) is 29.2 Å². The number of hydrogen-bond donors (Lipinski definition) is 1. The predicted octanol–water partition coefficient (Wildman–Crippen LogP) is 3.73. The Balaban J connectivity index is 2.10. The van der Waals surface area contributed by atoms with Crippen LogP contribution in [-0.2, 0) is 6.42 Å². The minimum absolute atomic E-state index is 0.427. The lowest BCUT2D eigenvalue weighted by Crippen LogP contribution is -2.33. The normalized spacial score (nSPS) is 15.4. The number of ether oxygens (including phenoxy) is 3. The summed E-state index contributed by atoms with van der Waals surface area (Å²) in [7, 11) is 7.11. The lowest BCUT2D eigenvalue weighted by molar-refractivity contribution is 0.245. The van der Waals surface area contributed by atoms with Gasteiger partial charge in [-0.15, -0.1) is 0 Å². The Labute approximate surface area is 173 Å². The van der Waals surface area contributed by atoms with Crippen molar-refractivity contribution in [3.63, 3.8) is 0 Å². The average molecular weight is 444 g/mol. The van der Waals surface area contributed by atoms with E-state index in [1.807, 2.05) is 49.3 Å². The summed E-state index contributed by atoms with van der Waals surface area (Å²) in [6, 6.07) is 12.0. The number of nitriles is 1. The van der Waals surface area contributed by atoms with Gasteiger partial charge in [0.05, 0.1) is 24.3 Å². The first-order chi connectivity index (χ1) is 13.4. The zero-order valence-corrected chi connectivity index (χ0v) is 17.8. The summed E-state index contributed by atoms with van der Waals surface area (Å²) in [5, 5.41) is 9.69. The molecular weight excluding hydrogens is 422 g/mol. The lowest BCUT2D eigenvalue weighted by Gasteiger charge is -2.27. The minimum Gasteiger partial charge on any atom is -0.493 e. The first kappa shape index (κ1) is 20.1. The number of rotatable bonds is 5. The van der Waals surface area contributed by atoms with Crippen LogP contribution < -0.4 is 24.8 Å². The number of halogens is 1. The summed E-state index contributed by atoms with van der Waals surface area (Å²) >= 11 is 3.52. The van der Waals surface area contributed by atoms with Crippen molar-refractivity contribution in [1.82, 2.24) is 0 Å². The van der Waals surface area contributed by atoms with E-state index in [1.165, 1.54) is 0 Å². The van der Waals surface area contributed by atoms with Gasteiger partial charge in [-0.25, -0.2) is 0 Å². The van der Waals surface area contributed by atoms with E-state index >= 15 is 0 Å². The molecule has 0 radical (unpaired) electrons. The van der Waals surface area contributed by atoms with Crippen LogP contribution >= 0.6 is 15.9 Å². The molecule has 146 valence electrons. The summed E-state index contributed by atoms with van der Waals surface area (Å²) in [6.07, 6.45) is -0.291. The SMILES string of the molecule is COc1cc(CC2=C(C#N)C(N)Oc3cc(N(C)C)ccc32)cc(Br)c1OC. The molecule has 3 rings (SSSR count). The highest BCUT2D eigenvalue weighted by Gasteiger charge is 2.27. The first-order valence-corrected chi connectivity index (χ1v) is 9.46. The van der Waals surface area contributed by atoms with Gasteiger partial charge in [-0.3, -0.25) is 5.73 Å². The fraction of sp³-hybridized carbons (Fsp3) is 0.286. The second-order valence-corrected chi connectivity index (χ2v) is 7.46. The molecule has 1 atom stereocenters. The van der Waals surface area contributed by atoms with Gasteiger partial charge < -0.3 is 19.1 Å². The van der Waals surface area contributed by atoms with E-state index in [0.717, 1.165) is 26.9 Å². The van der Waals surface area contributed by atoms with E-state index in [2.05, 4.69) is 22.0 Å². The van der Waals surface area contributed by atoms with Crippen molar-refractivity contribution < 1.29 is 14.2 Å². The fourth-order valence-electron chi connectivity index (χ4n) is 3.25. The number of hydrogen-bond acceptors (Lipinski definition) is 6. The van der Waals surface area contributed by atoms with E-state index in [1.54, 1.807) is 14.2 Å². The zero-order chi connectivity index (χ0) is 20.4. The van der Waals surface area contributed by atoms with Gasteiger partial charge in [0.25, 0.3) is 0 Å². The minimum atomic E-state index is -0.798. The molecule has 0 aromatic heterocycles. The van der Waals surface area contributed by atoms with Crippen molar-refractivity contribution in [1.29, 1.82) is 5.26 Å². The van der Waals surface area contributed by atoms with Gasteiger partial charge in [0.2, 0.25) is 0 Å². The van der Waals surface area contributed by atoms with Gasteiger partial charge >= 0.3 is 0 Å². The van der Waals surface area contributed by atoms with Crippen LogP contribution in [0.2, 0.25) is 0 Å². The van der Waals surface area contributed by atoms with Crippen molar-refractivity contribution in [3.8, 4) is 23.3 Å². The van der Waals surface area contributed by atoms with Crippen LogP contribution in [0.5, 0.6) is 17.2 Å². The predicted molar refractivity (Wildman–Crippen MR) is 113 cm³/mol. The van der Waals surface area contributed by atoms with E-state index in [9.17, 15) is 5.26 Å². The molecule has 0 bridgehead atoms. The standard InChI is InChI=1S/C21H22BrN3O3/c1-25(2)13-5-6-14-15(16(11-23)21(24)28-18(14)10-13)7-12-8-17(22)20(27-4)19(9-12)26-3/h5-6,8-10,21H,7,24H2,1-4H3. The molecule has 2 aromatic rings. The molecule has 0 saturated carbocycles. The van der Waals surface area contributed by atoms with Crippen LogP contribution in [0, 0.1) is 11.3 Å². The molecule has 6 nitrogen and oxygen atoms in total. The van der Waals surface area contributed by atoms with Crippen molar-refractivity contribution in [3.05, 3.63) is 51.5 Å². The van der Waals surface area contributed by atoms with Crippen LogP contribution in [0.15, 0.2) is 40.4 Å². The summed E-state index contributed by atoms with van der Waals surface area (Å²) in [6.45, 7) is 0. The number of allylic oxidation sites excluding steroid dienone is 1. The number of benzene rings is 2. The van der Waals surface area contributed by atoms with Crippen LogP contribution in [-0.4, -0.2) is 34.5 Å². The molecule has 0 aliphatic carbocycles. The molecule has 1 aliphatic heterocycles. The summed E-state index contributed by atoms with van der Waals surface area (Å²) in [4.78, 5) is 1.99. The van der Waals surface area contributed by atoms with E-state index in [4.69, 9.17) is 19.9 Å². The second kappa shape index (κ2) is 8.13. The summed E-state index contributed by atoms with van der Waals surface area (Å²) in [5.74, 6) is 1.92. The number of methoxy groups -OCH3 is 2. The van der Waals surface area contributed by atoms with Crippen LogP contribution in [0.25, 0.3) is 5.57 Å². The Kier molecular flexibility index (Phi) is 5.82. The monoisotopic (exact) mass is 443 g/mol. The molecule has 2 N–H and O–H groups in total. The Morgan fingerprint density at radius 1 is 1.21 bits per heavy atom. The fourth-order valence-corrected chi connectivity index (χ4v) is 3.90. The lowest BCUT2D eigenvalue weighted by atomic mass is 9.90. The van der Waals surface area contributed by atoms with Gasteiger partial charge in [-0.2, -0.15) is 5.26 Å². The van der Waals surface area contributed by atoms with Gasteiger partial charge in [0, 0.05) is 31.4 Å². The molecule has 28 heavy (non-hydrogen) atoms. The second-order valence-electron chi connectivity index (χ2n) is 6.61. The number of nitrogens with two attached hydrogens (primary N) is 1. The largest absolute Gasteiger partial charge is 0.493 e. The van der Waals surface area contributed by atoms with E-state index < -0.39 is 6.23 Å². The molecule has 0 spiro atoms. The quantitative estimate of drug-likeness (QED) is 0.757. The van der Waals surface area contributed by atoms with Crippen LogP contribution in [0.1, 0.15) is 11.1 Å². The highest BCUT2D eigenvalue weighted by molar-refractivity contribution is 9.10. The van der Waals surface area contributed by atoms with Gasteiger partial charge in [-0.05, 0) is 57.8 Å². The third-order valence-corrected chi connectivity index (χ3v) is 5.25. The topological polar surface area (TPSA) is 80.7 Å². The van der Waals surface area contributed by atoms with Crippen LogP contribution in [0.4, 0.5) is 5.69 Å². The highest BCUT2D eigenvalue weighted by Crippen LogP contribution is 2.41. The summed E-state index contributed by atoms with van der Waals surface area (Å²) in [5.41, 5.74) is 10.2. The maximum atomic E-state index is 9.69. The van der Waals surface area contributed by atoms with Crippen molar-refractivity contribution >= 4 is 27.2 Å². The molecule has 1 unspecified atom stereocenters. The Hall–Kier alpha value is -2.69. The zero-order valence-electron chi connectivity index (χ0n) is 16.2. The molecule has 7 heteroatoms. The maximum Gasteiger partial charge on any atom is 0.184 e. The van der Waals surface area contributed by atoms with Gasteiger partial charge in [0.15, 0.2) is 17.7 Å². The van der Waals surface area contributed by atoms with Crippen LogP contribution in [0.3, 0.4) is 0 Å². The molecule has 2 aromatic carbocycles.